The van der Waals surface area contributed by atoms with Gasteiger partial charge in [0, 0.05) is 6.04 Å². The molecule has 1 atom stereocenters. The summed E-state index contributed by atoms with van der Waals surface area (Å²) in [5.74, 6) is 0. The quantitative estimate of drug-likeness (QED) is 0.848. The van der Waals surface area contributed by atoms with Gasteiger partial charge in [0.15, 0.2) is 0 Å². The molecule has 0 bridgehead atoms. The molecular formula is C14H26N2. The van der Waals surface area contributed by atoms with Gasteiger partial charge >= 0.3 is 0 Å². The molecule has 92 valence electrons. The minimum atomic E-state index is 0.159. The molecule has 16 heavy (non-hydrogen) atoms. The highest BCUT2D eigenvalue weighted by Gasteiger charge is 1.93. The Labute approximate surface area is 100 Å². The first-order chi connectivity index (χ1) is 7.65. The highest BCUT2D eigenvalue weighted by Crippen LogP contribution is 2.06. The minimum Gasteiger partial charge on any atom is -0.324 e. The van der Waals surface area contributed by atoms with Gasteiger partial charge in [0.05, 0.1) is 0 Å². The summed E-state index contributed by atoms with van der Waals surface area (Å²) >= 11 is 0. The molecule has 0 spiro atoms. The largest absolute Gasteiger partial charge is 0.324 e. The summed E-state index contributed by atoms with van der Waals surface area (Å²) in [6.07, 6.45) is 0. The van der Waals surface area contributed by atoms with Crippen LogP contribution in [0.4, 0.5) is 0 Å². The van der Waals surface area contributed by atoms with Gasteiger partial charge in [-0.25, -0.2) is 0 Å². The molecule has 0 aliphatic rings. The van der Waals surface area contributed by atoms with Crippen LogP contribution < -0.4 is 5.73 Å². The van der Waals surface area contributed by atoms with Crippen molar-refractivity contribution in [2.45, 2.75) is 33.7 Å². The third-order valence-electron chi connectivity index (χ3n) is 2.67. The highest BCUT2D eigenvalue weighted by atomic mass is 15.1. The molecule has 2 nitrogen and oxygen atoms in total. The summed E-state index contributed by atoms with van der Waals surface area (Å²) in [5, 5.41) is 0. The van der Waals surface area contributed by atoms with Crippen LogP contribution in [-0.2, 0) is 0 Å². The lowest BCUT2D eigenvalue weighted by molar-refractivity contribution is 0.321. The fourth-order valence-corrected chi connectivity index (χ4v) is 1.43. The van der Waals surface area contributed by atoms with E-state index in [4.69, 9.17) is 5.73 Å². The minimum absolute atomic E-state index is 0.159. The third kappa shape index (κ3) is 6.59. The lowest BCUT2D eigenvalue weighted by Gasteiger charge is -2.13. The molecule has 1 rings (SSSR count). The second-order valence-corrected chi connectivity index (χ2v) is 3.82. The first-order valence-corrected chi connectivity index (χ1v) is 6.18. The van der Waals surface area contributed by atoms with Gasteiger partial charge in [0.2, 0.25) is 0 Å². The van der Waals surface area contributed by atoms with Crippen LogP contribution in [-0.4, -0.2) is 24.5 Å². The van der Waals surface area contributed by atoms with E-state index in [9.17, 15) is 0 Å². The van der Waals surface area contributed by atoms with Crippen molar-refractivity contribution < 1.29 is 0 Å². The average Bonchev–Trinajstić information content (AvgIpc) is 2.33. The number of rotatable bonds is 4. The van der Waals surface area contributed by atoms with Crippen LogP contribution in [0.3, 0.4) is 0 Å². The lowest BCUT2D eigenvalue weighted by atomic mass is 10.1. The monoisotopic (exact) mass is 222 g/mol. The van der Waals surface area contributed by atoms with Crippen molar-refractivity contribution in [3.8, 4) is 0 Å². The third-order valence-corrected chi connectivity index (χ3v) is 2.67. The van der Waals surface area contributed by atoms with E-state index >= 15 is 0 Å². The second kappa shape index (κ2) is 9.37. The molecule has 1 unspecified atom stereocenters. The maximum atomic E-state index is 5.61. The predicted molar refractivity (Wildman–Crippen MR) is 72.5 cm³/mol. The van der Waals surface area contributed by atoms with Crippen molar-refractivity contribution in [2.75, 3.05) is 19.6 Å². The molecule has 0 saturated carbocycles. The fraction of sp³-hybridized carbons (Fsp3) is 0.571. The standard InChI is InChI=1S/C8H11N.C6H15N/c1-7(9)8-5-3-2-4-6-8;1-4-7(5-2)6-3/h2-7H,9H2,1H3;4-6H2,1-3H3. The van der Waals surface area contributed by atoms with Crippen LogP contribution in [0, 0.1) is 0 Å². The highest BCUT2D eigenvalue weighted by molar-refractivity contribution is 5.17. The molecule has 0 heterocycles. The predicted octanol–water partition coefficient (Wildman–Crippen LogP) is 3.05. The van der Waals surface area contributed by atoms with Crippen LogP contribution >= 0.6 is 0 Å². The first-order valence-electron chi connectivity index (χ1n) is 6.18. The average molecular weight is 222 g/mol. The van der Waals surface area contributed by atoms with Gasteiger partial charge in [-0.1, -0.05) is 51.1 Å². The Morgan fingerprint density at radius 2 is 1.44 bits per heavy atom. The molecule has 0 amide bonds. The number of hydrogen-bond donors (Lipinski definition) is 1. The van der Waals surface area contributed by atoms with Crippen molar-refractivity contribution >= 4 is 0 Å². The zero-order valence-electron chi connectivity index (χ0n) is 11.1. The van der Waals surface area contributed by atoms with E-state index in [2.05, 4.69) is 25.7 Å². The molecule has 0 radical (unpaired) electrons. The van der Waals surface area contributed by atoms with Crippen LogP contribution in [0.1, 0.15) is 39.3 Å². The van der Waals surface area contributed by atoms with E-state index in [1.54, 1.807) is 0 Å². The molecule has 0 aliphatic carbocycles. The van der Waals surface area contributed by atoms with Gasteiger partial charge in [0.1, 0.15) is 0 Å². The Morgan fingerprint density at radius 3 is 1.62 bits per heavy atom. The van der Waals surface area contributed by atoms with Gasteiger partial charge < -0.3 is 10.6 Å². The number of nitrogens with zero attached hydrogens (tertiary/aromatic N) is 1. The van der Waals surface area contributed by atoms with E-state index in [-0.39, 0.29) is 6.04 Å². The number of nitrogens with two attached hydrogens (primary N) is 1. The first kappa shape index (κ1) is 15.1. The lowest BCUT2D eigenvalue weighted by Crippen LogP contribution is -2.21. The van der Waals surface area contributed by atoms with Crippen LogP contribution in [0.5, 0.6) is 0 Å². The van der Waals surface area contributed by atoms with Gasteiger partial charge in [-0.3, -0.25) is 0 Å². The van der Waals surface area contributed by atoms with E-state index < -0.39 is 0 Å². The summed E-state index contributed by atoms with van der Waals surface area (Å²) in [7, 11) is 0. The summed E-state index contributed by atoms with van der Waals surface area (Å²) in [5.41, 5.74) is 6.81. The Balaban J connectivity index is 0.000000293. The van der Waals surface area contributed by atoms with Gasteiger partial charge in [0.25, 0.3) is 0 Å². The Hall–Kier alpha value is -0.860. The summed E-state index contributed by atoms with van der Waals surface area (Å²) in [6.45, 7) is 12.1. The smallest absolute Gasteiger partial charge is 0.0266 e. The zero-order chi connectivity index (χ0) is 12.4. The summed E-state index contributed by atoms with van der Waals surface area (Å²) in [6, 6.07) is 10.2. The molecule has 0 aromatic heterocycles. The molecular weight excluding hydrogens is 196 g/mol. The molecule has 0 fully saturated rings. The summed E-state index contributed by atoms with van der Waals surface area (Å²) in [4.78, 5) is 2.38. The van der Waals surface area contributed by atoms with Crippen LogP contribution in [0.2, 0.25) is 0 Å². The van der Waals surface area contributed by atoms with Gasteiger partial charge in [-0.2, -0.15) is 0 Å². The van der Waals surface area contributed by atoms with Crippen molar-refractivity contribution in [1.29, 1.82) is 0 Å². The van der Waals surface area contributed by atoms with E-state index in [0.29, 0.717) is 0 Å². The van der Waals surface area contributed by atoms with Crippen molar-refractivity contribution in [3.05, 3.63) is 35.9 Å². The van der Waals surface area contributed by atoms with Crippen LogP contribution in [0.15, 0.2) is 30.3 Å². The van der Waals surface area contributed by atoms with E-state index in [0.717, 1.165) is 0 Å². The van der Waals surface area contributed by atoms with Gasteiger partial charge in [-0.05, 0) is 32.1 Å². The zero-order valence-corrected chi connectivity index (χ0v) is 11.1. The molecule has 2 N–H and O–H groups in total. The summed E-state index contributed by atoms with van der Waals surface area (Å²) < 4.78 is 0. The van der Waals surface area contributed by atoms with Crippen molar-refractivity contribution in [2.24, 2.45) is 5.73 Å². The second-order valence-electron chi connectivity index (χ2n) is 3.82. The maximum absolute atomic E-state index is 5.61. The van der Waals surface area contributed by atoms with Crippen molar-refractivity contribution in [1.82, 2.24) is 4.90 Å². The Kier molecular flexibility index (Phi) is 8.87. The van der Waals surface area contributed by atoms with E-state index in [1.165, 1.54) is 25.2 Å². The molecule has 0 aliphatic heterocycles. The molecule has 1 aromatic rings. The van der Waals surface area contributed by atoms with Crippen molar-refractivity contribution in [3.63, 3.8) is 0 Å². The Morgan fingerprint density at radius 1 is 1.00 bits per heavy atom. The Bertz CT molecular complexity index is 235. The SMILES string of the molecule is CC(N)c1ccccc1.CCN(CC)CC. The molecule has 1 aromatic carbocycles. The molecule has 0 saturated heterocycles. The number of benzene rings is 1. The molecule has 2 heteroatoms. The maximum Gasteiger partial charge on any atom is 0.0266 e. The van der Waals surface area contributed by atoms with Gasteiger partial charge in [-0.15, -0.1) is 0 Å². The number of hydrogen-bond acceptors (Lipinski definition) is 2. The van der Waals surface area contributed by atoms with Crippen LogP contribution in [0.25, 0.3) is 0 Å². The van der Waals surface area contributed by atoms with E-state index in [1.807, 2.05) is 37.3 Å². The topological polar surface area (TPSA) is 29.3 Å². The normalized spacial score (nSPS) is 11.9. The fourth-order valence-electron chi connectivity index (χ4n) is 1.43.